The van der Waals surface area contributed by atoms with Crippen LogP contribution in [0.2, 0.25) is 0 Å². The number of rotatable bonds is 6. The minimum atomic E-state index is -0.741. The van der Waals surface area contributed by atoms with E-state index in [2.05, 4.69) is 18.5 Å². The smallest absolute Gasteiger partial charge is 0.313 e. The predicted molar refractivity (Wildman–Crippen MR) is 82.1 cm³/mol. The van der Waals surface area contributed by atoms with Gasteiger partial charge in [0.25, 0.3) is 0 Å². The Balaban J connectivity index is 2.74. The Morgan fingerprint density at radius 1 is 1.10 bits per heavy atom. The molecule has 0 spiro atoms. The van der Waals surface area contributed by atoms with Crippen LogP contribution in [-0.4, -0.2) is 35.6 Å². The maximum Gasteiger partial charge on any atom is 0.313 e. The summed E-state index contributed by atoms with van der Waals surface area (Å²) < 4.78 is 0. The third-order valence-electron chi connectivity index (χ3n) is 2.73. The average Bonchev–Trinajstić information content (AvgIpc) is 2.46. The van der Waals surface area contributed by atoms with Crippen LogP contribution >= 0.6 is 0 Å². The molecular weight excluding hydrogens is 268 g/mol. The van der Waals surface area contributed by atoms with Gasteiger partial charge in [-0.15, -0.1) is 13.2 Å². The Morgan fingerprint density at radius 2 is 1.62 bits per heavy atom. The number of nitrogens with one attached hydrogen (secondary N) is 1. The van der Waals surface area contributed by atoms with Gasteiger partial charge in [0, 0.05) is 24.3 Å². The molecule has 2 amide bonds. The zero-order valence-electron chi connectivity index (χ0n) is 12.0. The molecule has 0 aliphatic heterocycles. The van der Waals surface area contributed by atoms with E-state index in [0.717, 1.165) is 0 Å². The summed E-state index contributed by atoms with van der Waals surface area (Å²) in [6.45, 7) is 9.07. The van der Waals surface area contributed by atoms with Crippen LogP contribution in [0.25, 0.3) is 0 Å². The first-order valence-electron chi connectivity index (χ1n) is 6.42. The Kier molecular flexibility index (Phi) is 6.07. The van der Waals surface area contributed by atoms with E-state index in [9.17, 15) is 14.4 Å². The molecule has 110 valence electrons. The summed E-state index contributed by atoms with van der Waals surface area (Å²) in [5, 5.41) is 2.50. The van der Waals surface area contributed by atoms with Crippen LogP contribution in [0.15, 0.2) is 49.6 Å². The van der Waals surface area contributed by atoms with E-state index in [1.165, 1.54) is 24.0 Å². The highest BCUT2D eigenvalue weighted by Gasteiger charge is 2.20. The summed E-state index contributed by atoms with van der Waals surface area (Å²) in [7, 11) is 0. The Morgan fingerprint density at radius 3 is 2.05 bits per heavy atom. The number of benzene rings is 1. The van der Waals surface area contributed by atoms with Gasteiger partial charge in [-0.3, -0.25) is 14.4 Å². The maximum atomic E-state index is 12.0. The molecule has 0 saturated heterocycles. The second-order valence-electron chi connectivity index (χ2n) is 4.38. The molecule has 0 bridgehead atoms. The van der Waals surface area contributed by atoms with Gasteiger partial charge in [-0.1, -0.05) is 12.2 Å². The number of hydrogen-bond donors (Lipinski definition) is 1. The third kappa shape index (κ3) is 4.72. The Hall–Kier alpha value is -2.69. The average molecular weight is 286 g/mol. The van der Waals surface area contributed by atoms with Gasteiger partial charge in [0.15, 0.2) is 5.78 Å². The van der Waals surface area contributed by atoms with Crippen molar-refractivity contribution in [3.63, 3.8) is 0 Å². The number of anilines is 1. The number of carbonyl (C=O) groups excluding carboxylic acids is 3. The summed E-state index contributed by atoms with van der Waals surface area (Å²) in [5.74, 6) is -1.47. The molecule has 0 unspecified atom stereocenters. The molecule has 0 aliphatic rings. The molecule has 0 saturated carbocycles. The molecule has 5 heteroatoms. The van der Waals surface area contributed by atoms with E-state index in [-0.39, 0.29) is 18.9 Å². The summed E-state index contributed by atoms with van der Waals surface area (Å²) in [6.07, 6.45) is 3.08. The lowest BCUT2D eigenvalue weighted by atomic mass is 10.1. The highest BCUT2D eigenvalue weighted by atomic mass is 16.2. The van der Waals surface area contributed by atoms with Gasteiger partial charge in [-0.2, -0.15) is 0 Å². The highest BCUT2D eigenvalue weighted by molar-refractivity contribution is 6.39. The van der Waals surface area contributed by atoms with Gasteiger partial charge in [0.1, 0.15) is 0 Å². The monoisotopic (exact) mass is 286 g/mol. The topological polar surface area (TPSA) is 66.5 Å². The summed E-state index contributed by atoms with van der Waals surface area (Å²) in [4.78, 5) is 36.3. The van der Waals surface area contributed by atoms with Gasteiger partial charge >= 0.3 is 11.8 Å². The van der Waals surface area contributed by atoms with E-state index >= 15 is 0 Å². The third-order valence-corrected chi connectivity index (χ3v) is 2.73. The van der Waals surface area contributed by atoms with E-state index in [4.69, 9.17) is 0 Å². The van der Waals surface area contributed by atoms with Crippen molar-refractivity contribution in [1.82, 2.24) is 4.90 Å². The Labute approximate surface area is 123 Å². The molecule has 0 atom stereocenters. The van der Waals surface area contributed by atoms with Crippen LogP contribution < -0.4 is 5.32 Å². The molecule has 1 aromatic rings. The lowest BCUT2D eigenvalue weighted by molar-refractivity contribution is -0.142. The van der Waals surface area contributed by atoms with Crippen LogP contribution in [-0.2, 0) is 9.59 Å². The van der Waals surface area contributed by atoms with Crippen molar-refractivity contribution in [1.29, 1.82) is 0 Å². The largest absolute Gasteiger partial charge is 0.327 e. The first-order valence-corrected chi connectivity index (χ1v) is 6.42. The van der Waals surface area contributed by atoms with Gasteiger partial charge < -0.3 is 10.2 Å². The minimum absolute atomic E-state index is 0.0629. The number of Topliss-reactive ketones (excluding diaryl/α,β-unsaturated/α-hetero) is 1. The van der Waals surface area contributed by atoms with Gasteiger partial charge in [-0.25, -0.2) is 0 Å². The van der Waals surface area contributed by atoms with Crippen molar-refractivity contribution < 1.29 is 14.4 Å². The fourth-order valence-corrected chi connectivity index (χ4v) is 1.67. The number of ketones is 1. The number of nitrogens with zero attached hydrogens (tertiary/aromatic N) is 1. The van der Waals surface area contributed by atoms with E-state index in [1.807, 2.05) is 0 Å². The van der Waals surface area contributed by atoms with Crippen LogP contribution in [0.1, 0.15) is 17.3 Å². The lowest BCUT2D eigenvalue weighted by Crippen LogP contribution is -2.39. The fraction of sp³-hybridized carbons (Fsp3) is 0.188. The maximum absolute atomic E-state index is 12.0. The molecule has 0 heterocycles. The van der Waals surface area contributed by atoms with Crippen LogP contribution in [0.3, 0.4) is 0 Å². The summed E-state index contributed by atoms with van der Waals surface area (Å²) >= 11 is 0. The second-order valence-corrected chi connectivity index (χ2v) is 4.38. The van der Waals surface area contributed by atoms with Crippen LogP contribution in [0, 0.1) is 0 Å². The first-order chi connectivity index (χ1) is 9.99. The van der Waals surface area contributed by atoms with Gasteiger partial charge in [0.05, 0.1) is 0 Å². The Bertz CT molecular complexity index is 551. The van der Waals surface area contributed by atoms with Crippen molar-refractivity contribution in [2.45, 2.75) is 6.92 Å². The molecule has 1 N–H and O–H groups in total. The van der Waals surface area contributed by atoms with Crippen LogP contribution in [0.5, 0.6) is 0 Å². The number of amides is 2. The molecule has 0 aliphatic carbocycles. The normalized spacial score (nSPS) is 9.57. The minimum Gasteiger partial charge on any atom is -0.327 e. The molecule has 0 fully saturated rings. The molecule has 0 radical (unpaired) electrons. The van der Waals surface area contributed by atoms with E-state index in [0.29, 0.717) is 11.3 Å². The summed E-state index contributed by atoms with van der Waals surface area (Å²) in [5.41, 5.74) is 0.995. The molecular formula is C16H18N2O3. The quantitative estimate of drug-likeness (QED) is 0.494. The van der Waals surface area contributed by atoms with E-state index in [1.54, 1.807) is 24.3 Å². The van der Waals surface area contributed by atoms with E-state index < -0.39 is 11.8 Å². The highest BCUT2D eigenvalue weighted by Crippen LogP contribution is 2.10. The molecule has 1 rings (SSSR count). The van der Waals surface area contributed by atoms with Crippen molar-refractivity contribution in [3.05, 3.63) is 55.1 Å². The second kappa shape index (κ2) is 7.79. The zero-order valence-corrected chi connectivity index (χ0v) is 12.0. The standard InChI is InChI=1S/C16H18N2O3/c1-4-10-18(11-5-2)16(21)15(20)17-14-8-6-13(7-9-14)12(3)19/h4-9H,1-2,10-11H2,3H3,(H,17,20). The molecule has 1 aromatic carbocycles. The lowest BCUT2D eigenvalue weighted by Gasteiger charge is -2.18. The van der Waals surface area contributed by atoms with Crippen molar-refractivity contribution in [3.8, 4) is 0 Å². The van der Waals surface area contributed by atoms with Crippen LogP contribution in [0.4, 0.5) is 5.69 Å². The van der Waals surface area contributed by atoms with Crippen molar-refractivity contribution in [2.24, 2.45) is 0 Å². The molecule has 0 aromatic heterocycles. The van der Waals surface area contributed by atoms with Crippen molar-refractivity contribution in [2.75, 3.05) is 18.4 Å². The van der Waals surface area contributed by atoms with Gasteiger partial charge in [0.2, 0.25) is 0 Å². The fourth-order valence-electron chi connectivity index (χ4n) is 1.67. The van der Waals surface area contributed by atoms with Gasteiger partial charge in [-0.05, 0) is 31.2 Å². The summed E-state index contributed by atoms with van der Waals surface area (Å²) in [6, 6.07) is 6.34. The SMILES string of the molecule is C=CCN(CC=C)C(=O)C(=O)Nc1ccc(C(C)=O)cc1. The zero-order chi connectivity index (χ0) is 15.8. The number of carbonyl (C=O) groups is 3. The number of hydrogen-bond acceptors (Lipinski definition) is 3. The van der Waals surface area contributed by atoms with Crippen molar-refractivity contribution >= 4 is 23.3 Å². The molecule has 21 heavy (non-hydrogen) atoms. The molecule has 5 nitrogen and oxygen atoms in total. The predicted octanol–water partition coefficient (Wildman–Crippen LogP) is 2.03. The first kappa shape index (κ1) is 16.4.